The maximum absolute atomic E-state index is 8.72. The minimum Gasteiger partial charge on any atom is -0.475 e. The quantitative estimate of drug-likeness (QED) is 0.788. The van der Waals surface area contributed by atoms with Gasteiger partial charge in [0.15, 0.2) is 6.10 Å². The lowest BCUT2D eigenvalue weighted by molar-refractivity contribution is 0.280. The van der Waals surface area contributed by atoms with Crippen LogP contribution in [0.3, 0.4) is 0 Å². The van der Waals surface area contributed by atoms with Crippen molar-refractivity contribution >= 4 is 22.4 Å². The van der Waals surface area contributed by atoms with Gasteiger partial charge >= 0.3 is 0 Å². The van der Waals surface area contributed by atoms with E-state index in [-0.39, 0.29) is 0 Å². The van der Waals surface area contributed by atoms with E-state index in [1.165, 1.54) is 0 Å². The fourth-order valence-corrected chi connectivity index (χ4v) is 1.78. The van der Waals surface area contributed by atoms with Crippen LogP contribution in [0.25, 0.3) is 10.8 Å². The Kier molecular flexibility index (Phi) is 2.98. The normalized spacial score (nSPS) is 12.1. The average molecular weight is 232 g/mol. The smallest absolute Gasteiger partial charge is 0.181 e. The van der Waals surface area contributed by atoms with Crippen LogP contribution in [0.4, 0.5) is 0 Å². The molecule has 0 radical (unpaired) electrons. The van der Waals surface area contributed by atoms with Crippen LogP contribution >= 0.6 is 11.6 Å². The molecule has 2 aromatic rings. The maximum atomic E-state index is 8.72. The van der Waals surface area contributed by atoms with E-state index in [0.717, 1.165) is 10.8 Å². The molecule has 0 N–H and O–H groups in total. The van der Waals surface area contributed by atoms with Gasteiger partial charge < -0.3 is 4.74 Å². The topological polar surface area (TPSA) is 33.0 Å². The molecule has 0 saturated heterocycles. The van der Waals surface area contributed by atoms with E-state index < -0.39 is 6.10 Å². The average Bonchev–Trinajstić information content (AvgIpc) is 2.33. The molecule has 0 aliphatic rings. The Labute approximate surface area is 99.0 Å². The number of halogens is 1. The number of nitrogens with zero attached hydrogens (tertiary/aromatic N) is 1. The first-order chi connectivity index (χ1) is 7.72. The highest BCUT2D eigenvalue weighted by Crippen LogP contribution is 2.31. The summed E-state index contributed by atoms with van der Waals surface area (Å²) in [6.07, 6.45) is -0.468. The lowest BCUT2D eigenvalue weighted by atomic mass is 10.1. The molecule has 0 amide bonds. The summed E-state index contributed by atoms with van der Waals surface area (Å²) in [4.78, 5) is 0. The Morgan fingerprint density at radius 3 is 2.56 bits per heavy atom. The summed E-state index contributed by atoms with van der Waals surface area (Å²) in [6.45, 7) is 1.71. The highest BCUT2D eigenvalue weighted by atomic mass is 35.5. The standard InChI is InChI=1S/C13H10ClNO/c1-9(8-15)16-13-7-6-12(14)10-4-2-3-5-11(10)13/h2-7,9H,1H3/t9-/m0/s1. The number of hydrogen-bond donors (Lipinski definition) is 0. The second kappa shape index (κ2) is 4.42. The molecule has 2 aromatic carbocycles. The van der Waals surface area contributed by atoms with Gasteiger partial charge in [-0.2, -0.15) is 5.26 Å². The Morgan fingerprint density at radius 1 is 1.19 bits per heavy atom. The Morgan fingerprint density at radius 2 is 1.88 bits per heavy atom. The second-order valence-corrected chi connectivity index (χ2v) is 3.89. The molecule has 0 bridgehead atoms. The molecule has 3 heteroatoms. The maximum Gasteiger partial charge on any atom is 0.181 e. The zero-order valence-electron chi connectivity index (χ0n) is 8.77. The van der Waals surface area contributed by atoms with Crippen LogP contribution in [-0.2, 0) is 0 Å². The monoisotopic (exact) mass is 231 g/mol. The van der Waals surface area contributed by atoms with Gasteiger partial charge in [-0.15, -0.1) is 0 Å². The second-order valence-electron chi connectivity index (χ2n) is 3.48. The van der Waals surface area contributed by atoms with E-state index in [0.29, 0.717) is 10.8 Å². The minimum absolute atomic E-state index is 0.468. The Bertz CT molecular complexity index is 559. The van der Waals surface area contributed by atoms with Gasteiger partial charge in [-0.25, -0.2) is 0 Å². The van der Waals surface area contributed by atoms with Crippen LogP contribution in [-0.4, -0.2) is 6.10 Å². The SMILES string of the molecule is C[C@@H](C#N)Oc1ccc(Cl)c2ccccc12. The number of benzene rings is 2. The van der Waals surface area contributed by atoms with Gasteiger partial charge in [-0.1, -0.05) is 35.9 Å². The summed E-state index contributed by atoms with van der Waals surface area (Å²) in [5, 5.41) is 11.3. The third kappa shape index (κ3) is 1.95. The van der Waals surface area contributed by atoms with Gasteiger partial charge in [0.2, 0.25) is 0 Å². The molecule has 0 unspecified atom stereocenters. The molecule has 1 atom stereocenters. The number of fused-ring (bicyclic) bond motifs is 1. The van der Waals surface area contributed by atoms with Crippen molar-refractivity contribution in [1.29, 1.82) is 5.26 Å². The van der Waals surface area contributed by atoms with Crippen molar-refractivity contribution in [3.8, 4) is 11.8 Å². The third-order valence-corrected chi connectivity index (χ3v) is 2.65. The number of nitriles is 1. The minimum atomic E-state index is -0.468. The first-order valence-electron chi connectivity index (χ1n) is 4.96. The van der Waals surface area contributed by atoms with Crippen LogP contribution in [0.2, 0.25) is 5.02 Å². The number of hydrogen-bond acceptors (Lipinski definition) is 2. The van der Waals surface area contributed by atoms with E-state index in [4.69, 9.17) is 21.6 Å². The molecule has 80 valence electrons. The van der Waals surface area contributed by atoms with Crippen molar-refractivity contribution in [3.05, 3.63) is 41.4 Å². The molecular weight excluding hydrogens is 222 g/mol. The zero-order valence-corrected chi connectivity index (χ0v) is 9.53. The van der Waals surface area contributed by atoms with E-state index >= 15 is 0 Å². The molecule has 0 aromatic heterocycles. The van der Waals surface area contributed by atoms with Crippen LogP contribution < -0.4 is 4.74 Å². The summed E-state index contributed by atoms with van der Waals surface area (Å²) in [5.41, 5.74) is 0. The van der Waals surface area contributed by atoms with Gasteiger partial charge in [-0.05, 0) is 19.1 Å². The van der Waals surface area contributed by atoms with Crippen LogP contribution in [0.15, 0.2) is 36.4 Å². The van der Waals surface area contributed by atoms with Crippen LogP contribution in [0.5, 0.6) is 5.75 Å². The van der Waals surface area contributed by atoms with Crippen molar-refractivity contribution in [2.24, 2.45) is 0 Å². The molecule has 0 aliphatic heterocycles. The third-order valence-electron chi connectivity index (χ3n) is 2.32. The van der Waals surface area contributed by atoms with Gasteiger partial charge in [0, 0.05) is 15.8 Å². The summed E-state index contributed by atoms with van der Waals surface area (Å²) >= 11 is 6.08. The number of rotatable bonds is 2. The van der Waals surface area contributed by atoms with Gasteiger partial charge in [0.25, 0.3) is 0 Å². The van der Waals surface area contributed by atoms with Crippen LogP contribution in [0, 0.1) is 11.3 Å². The van der Waals surface area contributed by atoms with Crippen molar-refractivity contribution in [2.45, 2.75) is 13.0 Å². The molecule has 0 spiro atoms. The van der Waals surface area contributed by atoms with Crippen molar-refractivity contribution in [2.75, 3.05) is 0 Å². The molecule has 0 heterocycles. The van der Waals surface area contributed by atoms with Gasteiger partial charge in [0.1, 0.15) is 11.8 Å². The van der Waals surface area contributed by atoms with Crippen molar-refractivity contribution in [3.63, 3.8) is 0 Å². The summed E-state index contributed by atoms with van der Waals surface area (Å²) in [5.74, 6) is 0.689. The first-order valence-corrected chi connectivity index (χ1v) is 5.33. The predicted molar refractivity (Wildman–Crippen MR) is 64.7 cm³/mol. The summed E-state index contributed by atoms with van der Waals surface area (Å²) in [6, 6.07) is 13.3. The van der Waals surface area contributed by atoms with Gasteiger partial charge in [0.05, 0.1) is 0 Å². The largest absolute Gasteiger partial charge is 0.475 e. The van der Waals surface area contributed by atoms with E-state index in [9.17, 15) is 0 Å². The van der Waals surface area contributed by atoms with E-state index in [1.807, 2.05) is 30.3 Å². The predicted octanol–water partition coefficient (Wildman–Crippen LogP) is 3.78. The molecule has 2 nitrogen and oxygen atoms in total. The molecule has 0 fully saturated rings. The Hall–Kier alpha value is -1.72. The molecule has 2 rings (SSSR count). The lowest BCUT2D eigenvalue weighted by Crippen LogP contribution is -2.08. The highest BCUT2D eigenvalue weighted by Gasteiger charge is 2.07. The fourth-order valence-electron chi connectivity index (χ4n) is 1.55. The first kappa shape index (κ1) is 10.8. The molecule has 0 aliphatic carbocycles. The van der Waals surface area contributed by atoms with Gasteiger partial charge in [-0.3, -0.25) is 0 Å². The molecule has 16 heavy (non-hydrogen) atoms. The van der Waals surface area contributed by atoms with Crippen molar-refractivity contribution < 1.29 is 4.74 Å². The van der Waals surface area contributed by atoms with Crippen LogP contribution in [0.1, 0.15) is 6.92 Å². The summed E-state index contributed by atoms with van der Waals surface area (Å²) in [7, 11) is 0. The van der Waals surface area contributed by atoms with E-state index in [2.05, 4.69) is 0 Å². The fraction of sp³-hybridized carbons (Fsp3) is 0.154. The highest BCUT2D eigenvalue weighted by molar-refractivity contribution is 6.35. The lowest BCUT2D eigenvalue weighted by Gasteiger charge is -2.11. The molecule has 0 saturated carbocycles. The molecular formula is C13H10ClNO. The van der Waals surface area contributed by atoms with E-state index in [1.54, 1.807) is 19.1 Å². The summed E-state index contributed by atoms with van der Waals surface area (Å²) < 4.78 is 5.51. The Balaban J connectivity index is 2.55. The van der Waals surface area contributed by atoms with Crippen molar-refractivity contribution in [1.82, 2.24) is 0 Å². The zero-order chi connectivity index (χ0) is 11.5. The number of ether oxygens (including phenoxy) is 1.